The van der Waals surface area contributed by atoms with Crippen LogP contribution in [0.4, 0.5) is 13.2 Å². The van der Waals surface area contributed by atoms with Gasteiger partial charge < -0.3 is 15.2 Å². The molecule has 0 saturated carbocycles. The lowest BCUT2D eigenvalue weighted by Gasteiger charge is -2.23. The monoisotopic (exact) mass is 275 g/mol. The number of carbonyl (C=O) groups is 1. The van der Waals surface area contributed by atoms with Crippen molar-refractivity contribution in [1.82, 2.24) is 0 Å². The van der Waals surface area contributed by atoms with E-state index in [0.717, 1.165) is 12.1 Å². The Morgan fingerprint density at radius 3 is 2.58 bits per heavy atom. The van der Waals surface area contributed by atoms with E-state index in [4.69, 9.17) is 15.2 Å². The van der Waals surface area contributed by atoms with Gasteiger partial charge in [-0.05, 0) is 18.7 Å². The van der Waals surface area contributed by atoms with Crippen molar-refractivity contribution in [2.45, 2.75) is 12.6 Å². The van der Waals surface area contributed by atoms with E-state index in [2.05, 4.69) is 0 Å². The number of hydrogen-bond donors (Lipinski definition) is 1. The Balaban J connectivity index is 2.59. The van der Waals surface area contributed by atoms with Crippen LogP contribution in [-0.2, 0) is 6.18 Å². The summed E-state index contributed by atoms with van der Waals surface area (Å²) in [7, 11) is 0. The summed E-state index contributed by atoms with van der Waals surface area (Å²) < 4.78 is 49.2. The average Bonchev–Trinajstić information content (AvgIpc) is 2.36. The van der Waals surface area contributed by atoms with Crippen LogP contribution in [0.2, 0.25) is 0 Å². The number of rotatable bonds is 3. The molecule has 0 spiro atoms. The van der Waals surface area contributed by atoms with E-state index in [1.54, 1.807) is 0 Å². The quantitative estimate of drug-likeness (QED) is 0.857. The van der Waals surface area contributed by atoms with Crippen molar-refractivity contribution >= 4 is 5.78 Å². The molecule has 0 bridgehead atoms. The third-order valence-corrected chi connectivity index (χ3v) is 2.66. The van der Waals surface area contributed by atoms with Gasteiger partial charge in [0.25, 0.3) is 0 Å². The number of hydrogen-bond acceptors (Lipinski definition) is 4. The van der Waals surface area contributed by atoms with Gasteiger partial charge in [0.15, 0.2) is 17.3 Å². The molecule has 2 N–H and O–H groups in total. The molecule has 1 aliphatic heterocycles. The number of benzene rings is 1. The smallest absolute Gasteiger partial charge is 0.417 e. The van der Waals surface area contributed by atoms with Crippen molar-refractivity contribution in [3.63, 3.8) is 0 Å². The summed E-state index contributed by atoms with van der Waals surface area (Å²) in [6.07, 6.45) is -4.81. The molecule has 0 aliphatic carbocycles. The summed E-state index contributed by atoms with van der Waals surface area (Å²) in [5.41, 5.74) is 3.72. The average molecular weight is 275 g/mol. The van der Waals surface area contributed by atoms with E-state index in [-0.39, 0.29) is 37.7 Å². The largest absolute Gasteiger partial charge is 0.486 e. The summed E-state index contributed by atoms with van der Waals surface area (Å²) in [5.74, 6) is -0.684. The van der Waals surface area contributed by atoms with Crippen molar-refractivity contribution in [2.24, 2.45) is 5.73 Å². The molecule has 7 heteroatoms. The summed E-state index contributed by atoms with van der Waals surface area (Å²) in [4.78, 5) is 11.9. The number of halogens is 3. The van der Waals surface area contributed by atoms with E-state index < -0.39 is 23.1 Å². The van der Waals surface area contributed by atoms with Crippen molar-refractivity contribution in [3.05, 3.63) is 23.3 Å². The number of ether oxygens (including phenoxy) is 2. The molecule has 2 rings (SSSR count). The highest BCUT2D eigenvalue weighted by Gasteiger charge is 2.38. The second-order valence-electron chi connectivity index (χ2n) is 3.97. The van der Waals surface area contributed by atoms with Crippen LogP contribution in [0, 0.1) is 0 Å². The van der Waals surface area contributed by atoms with Crippen LogP contribution in [0.1, 0.15) is 22.3 Å². The zero-order valence-corrected chi connectivity index (χ0v) is 9.92. The normalized spacial score (nSPS) is 14.3. The van der Waals surface area contributed by atoms with Crippen molar-refractivity contribution in [3.8, 4) is 11.5 Å². The summed E-state index contributed by atoms with van der Waals surface area (Å²) in [6, 6.07) is 1.99. The van der Waals surface area contributed by atoms with Crippen LogP contribution in [0.3, 0.4) is 0 Å². The number of fused-ring (bicyclic) bond motifs is 1. The minimum Gasteiger partial charge on any atom is -0.486 e. The molecule has 1 aliphatic rings. The van der Waals surface area contributed by atoms with Crippen molar-refractivity contribution in [2.75, 3.05) is 19.8 Å². The Morgan fingerprint density at radius 2 is 1.95 bits per heavy atom. The molecule has 0 unspecified atom stereocenters. The van der Waals surface area contributed by atoms with Gasteiger partial charge in [0, 0.05) is 6.42 Å². The van der Waals surface area contributed by atoms with E-state index in [1.165, 1.54) is 0 Å². The first kappa shape index (κ1) is 13.7. The van der Waals surface area contributed by atoms with E-state index >= 15 is 0 Å². The first-order valence-electron chi connectivity index (χ1n) is 5.68. The number of nitrogens with two attached hydrogens (primary N) is 1. The molecular weight excluding hydrogens is 263 g/mol. The highest BCUT2D eigenvalue weighted by atomic mass is 19.4. The SMILES string of the molecule is NCCC(=O)c1c(C(F)(F)F)ccc2c1OCCO2. The van der Waals surface area contributed by atoms with E-state index in [9.17, 15) is 18.0 Å². The molecule has 1 heterocycles. The maximum absolute atomic E-state index is 12.9. The zero-order valence-electron chi connectivity index (χ0n) is 9.92. The van der Waals surface area contributed by atoms with Gasteiger partial charge in [-0.3, -0.25) is 4.79 Å². The Hall–Kier alpha value is -1.76. The second kappa shape index (κ2) is 5.08. The van der Waals surface area contributed by atoms with Crippen LogP contribution in [0.25, 0.3) is 0 Å². The Bertz CT molecular complexity index is 500. The molecule has 1 aromatic rings. The first-order chi connectivity index (χ1) is 8.95. The van der Waals surface area contributed by atoms with Gasteiger partial charge in [0.2, 0.25) is 0 Å². The fraction of sp³-hybridized carbons (Fsp3) is 0.417. The van der Waals surface area contributed by atoms with Gasteiger partial charge in [0.1, 0.15) is 13.2 Å². The molecular formula is C12H12F3NO3. The lowest BCUT2D eigenvalue weighted by atomic mass is 9.99. The highest BCUT2D eigenvalue weighted by molar-refractivity contribution is 6.01. The van der Waals surface area contributed by atoms with Crippen molar-refractivity contribution < 1.29 is 27.4 Å². The molecule has 1 aromatic carbocycles. The first-order valence-corrected chi connectivity index (χ1v) is 5.68. The van der Waals surface area contributed by atoms with Gasteiger partial charge in [-0.25, -0.2) is 0 Å². The maximum Gasteiger partial charge on any atom is 0.417 e. The number of carbonyl (C=O) groups excluding carboxylic acids is 1. The molecule has 0 fully saturated rings. The van der Waals surface area contributed by atoms with Crippen LogP contribution < -0.4 is 15.2 Å². The van der Waals surface area contributed by atoms with E-state index in [1.807, 2.05) is 0 Å². The summed E-state index contributed by atoms with van der Waals surface area (Å²) in [5, 5.41) is 0. The van der Waals surface area contributed by atoms with Gasteiger partial charge in [0.05, 0.1) is 11.1 Å². The Kier molecular flexibility index (Phi) is 3.66. The van der Waals surface area contributed by atoms with Crippen LogP contribution in [0.15, 0.2) is 12.1 Å². The second-order valence-corrected chi connectivity index (χ2v) is 3.97. The number of Topliss-reactive ketones (excluding diaryl/α,β-unsaturated/α-hetero) is 1. The molecule has 0 atom stereocenters. The van der Waals surface area contributed by atoms with Crippen molar-refractivity contribution in [1.29, 1.82) is 0 Å². The Morgan fingerprint density at radius 1 is 1.26 bits per heavy atom. The van der Waals surface area contributed by atoms with Gasteiger partial charge >= 0.3 is 6.18 Å². The van der Waals surface area contributed by atoms with E-state index in [0.29, 0.717) is 0 Å². The lowest BCUT2D eigenvalue weighted by Crippen LogP contribution is -2.22. The fourth-order valence-corrected chi connectivity index (χ4v) is 1.89. The fourth-order valence-electron chi connectivity index (χ4n) is 1.89. The topological polar surface area (TPSA) is 61.6 Å². The highest BCUT2D eigenvalue weighted by Crippen LogP contribution is 2.42. The number of ketones is 1. The predicted molar refractivity (Wildman–Crippen MR) is 60.4 cm³/mol. The van der Waals surface area contributed by atoms with Gasteiger partial charge in [-0.15, -0.1) is 0 Å². The molecule has 0 saturated heterocycles. The molecule has 0 aromatic heterocycles. The molecule has 4 nitrogen and oxygen atoms in total. The van der Waals surface area contributed by atoms with Crippen LogP contribution in [-0.4, -0.2) is 25.5 Å². The summed E-state index contributed by atoms with van der Waals surface area (Å²) in [6.45, 7) is 0.320. The third-order valence-electron chi connectivity index (χ3n) is 2.66. The van der Waals surface area contributed by atoms with Crippen LogP contribution >= 0.6 is 0 Å². The predicted octanol–water partition coefficient (Wildman–Crippen LogP) is 2.01. The minimum absolute atomic E-state index is 0.0271. The molecule has 0 radical (unpaired) electrons. The molecule has 19 heavy (non-hydrogen) atoms. The summed E-state index contributed by atoms with van der Waals surface area (Å²) >= 11 is 0. The maximum atomic E-state index is 12.9. The molecule has 0 amide bonds. The van der Waals surface area contributed by atoms with Gasteiger partial charge in [-0.2, -0.15) is 13.2 Å². The third kappa shape index (κ3) is 2.65. The number of alkyl halides is 3. The zero-order chi connectivity index (χ0) is 14.0. The minimum atomic E-state index is -4.63. The standard InChI is InChI=1S/C12H12F3NO3/c13-12(14,15)7-1-2-9-11(19-6-5-18-9)10(7)8(17)3-4-16/h1-2H,3-6,16H2. The Labute approximate surface area is 107 Å². The van der Waals surface area contributed by atoms with Gasteiger partial charge in [-0.1, -0.05) is 0 Å². The molecule has 104 valence electrons. The lowest BCUT2D eigenvalue weighted by molar-refractivity contribution is -0.138. The van der Waals surface area contributed by atoms with Crippen LogP contribution in [0.5, 0.6) is 11.5 Å².